The number of carbonyl (C=O) groups is 1. The van der Waals surface area contributed by atoms with Crippen molar-refractivity contribution in [3.8, 4) is 5.75 Å². The second-order valence-electron chi connectivity index (χ2n) is 4.53. The number of ether oxygens (including phenoxy) is 1. The van der Waals surface area contributed by atoms with Crippen molar-refractivity contribution in [2.45, 2.75) is 26.2 Å². The average Bonchev–Trinajstić information content (AvgIpc) is 3.12. The Morgan fingerprint density at radius 1 is 1.47 bits per heavy atom. The molecule has 1 fully saturated rings. The highest BCUT2D eigenvalue weighted by atomic mass is 16.5. The Morgan fingerprint density at radius 3 is 2.76 bits per heavy atom. The summed E-state index contributed by atoms with van der Waals surface area (Å²) in [6.07, 6.45) is 2.68. The van der Waals surface area contributed by atoms with Gasteiger partial charge in [0.1, 0.15) is 5.75 Å². The van der Waals surface area contributed by atoms with E-state index >= 15 is 0 Å². The third kappa shape index (κ3) is 2.99. The van der Waals surface area contributed by atoms with Crippen molar-refractivity contribution in [1.82, 2.24) is 0 Å². The summed E-state index contributed by atoms with van der Waals surface area (Å²) in [6, 6.07) is 7.72. The molecule has 0 heterocycles. The van der Waals surface area contributed by atoms with Crippen LogP contribution in [0.2, 0.25) is 0 Å². The lowest BCUT2D eigenvalue weighted by molar-refractivity contribution is -0.142. The van der Waals surface area contributed by atoms with Gasteiger partial charge in [0.05, 0.1) is 12.5 Å². The van der Waals surface area contributed by atoms with Crippen LogP contribution in [0.25, 0.3) is 0 Å². The molecule has 1 unspecified atom stereocenters. The molecule has 1 atom stereocenters. The minimum absolute atomic E-state index is 0.253. The van der Waals surface area contributed by atoms with Crippen LogP contribution in [0.3, 0.4) is 0 Å². The largest absolute Gasteiger partial charge is 0.494 e. The van der Waals surface area contributed by atoms with Gasteiger partial charge in [-0.3, -0.25) is 4.79 Å². The van der Waals surface area contributed by atoms with Crippen LogP contribution in [0.5, 0.6) is 5.75 Å². The maximum atomic E-state index is 11.2. The van der Waals surface area contributed by atoms with Crippen LogP contribution in [-0.4, -0.2) is 17.7 Å². The van der Waals surface area contributed by atoms with Crippen molar-refractivity contribution in [3.63, 3.8) is 0 Å². The highest BCUT2D eigenvalue weighted by Gasteiger charge is 2.36. The van der Waals surface area contributed by atoms with E-state index in [0.29, 0.717) is 18.9 Å². The molecule has 0 spiro atoms. The number of carboxylic acid groups (broad SMARTS) is 1. The molecule has 3 nitrogen and oxygen atoms in total. The number of rotatable bonds is 6. The smallest absolute Gasteiger partial charge is 0.307 e. The van der Waals surface area contributed by atoms with Gasteiger partial charge in [0.2, 0.25) is 0 Å². The van der Waals surface area contributed by atoms with E-state index in [4.69, 9.17) is 4.74 Å². The van der Waals surface area contributed by atoms with Crippen LogP contribution in [0, 0.1) is 11.8 Å². The normalized spacial score (nSPS) is 16.5. The lowest BCUT2D eigenvalue weighted by atomic mass is 9.94. The number of hydrogen-bond donors (Lipinski definition) is 1. The second kappa shape index (κ2) is 5.21. The van der Waals surface area contributed by atoms with Crippen LogP contribution in [0.4, 0.5) is 0 Å². The summed E-state index contributed by atoms with van der Waals surface area (Å²) in [5, 5.41) is 9.22. The number of aliphatic carboxylic acids is 1. The molecule has 1 aliphatic carbocycles. The molecule has 0 radical (unpaired) electrons. The van der Waals surface area contributed by atoms with Crippen molar-refractivity contribution in [2.75, 3.05) is 6.61 Å². The average molecular weight is 234 g/mol. The summed E-state index contributed by atoms with van der Waals surface area (Å²) < 4.78 is 5.52. The van der Waals surface area contributed by atoms with Gasteiger partial charge in [-0.15, -0.1) is 0 Å². The van der Waals surface area contributed by atoms with Crippen molar-refractivity contribution in [2.24, 2.45) is 11.8 Å². The molecule has 1 aromatic carbocycles. The minimum atomic E-state index is -0.682. The molecular weight excluding hydrogens is 216 g/mol. The van der Waals surface area contributed by atoms with Gasteiger partial charge in [0.25, 0.3) is 0 Å². The third-order valence-corrected chi connectivity index (χ3v) is 3.22. The molecule has 3 heteroatoms. The standard InChI is InChI=1S/C14H18O3/c1-2-17-13-6-4-3-5-11(13)9-12(14(15)16)10-7-8-10/h3-6,10,12H,2,7-9H2,1H3,(H,15,16). The summed E-state index contributed by atoms with van der Waals surface area (Å²) in [5.74, 6) is 0.250. The van der Waals surface area contributed by atoms with Crippen molar-refractivity contribution >= 4 is 5.97 Å². The molecule has 0 bridgehead atoms. The monoisotopic (exact) mass is 234 g/mol. The van der Waals surface area contributed by atoms with Crippen molar-refractivity contribution < 1.29 is 14.6 Å². The fraction of sp³-hybridized carbons (Fsp3) is 0.500. The van der Waals surface area contributed by atoms with Crippen LogP contribution in [-0.2, 0) is 11.2 Å². The van der Waals surface area contributed by atoms with Crippen molar-refractivity contribution in [3.05, 3.63) is 29.8 Å². The summed E-state index contributed by atoms with van der Waals surface area (Å²) in [6.45, 7) is 2.55. The van der Waals surface area contributed by atoms with E-state index in [2.05, 4.69) is 0 Å². The molecule has 0 saturated heterocycles. The summed E-state index contributed by atoms with van der Waals surface area (Å²) in [7, 11) is 0. The molecule has 0 aromatic heterocycles. The molecule has 1 saturated carbocycles. The lowest BCUT2D eigenvalue weighted by Gasteiger charge is -2.14. The van der Waals surface area contributed by atoms with Gasteiger partial charge < -0.3 is 9.84 Å². The van der Waals surface area contributed by atoms with Gasteiger partial charge in [0.15, 0.2) is 0 Å². The van der Waals surface area contributed by atoms with Gasteiger partial charge in [-0.25, -0.2) is 0 Å². The Balaban J connectivity index is 2.13. The van der Waals surface area contributed by atoms with Crippen LogP contribution in [0.1, 0.15) is 25.3 Å². The van der Waals surface area contributed by atoms with Crippen molar-refractivity contribution in [1.29, 1.82) is 0 Å². The van der Waals surface area contributed by atoms with Gasteiger partial charge in [0, 0.05) is 0 Å². The first-order valence-electron chi connectivity index (χ1n) is 6.16. The Morgan fingerprint density at radius 2 is 2.18 bits per heavy atom. The van der Waals surface area contributed by atoms with E-state index in [1.807, 2.05) is 31.2 Å². The van der Waals surface area contributed by atoms with E-state index in [-0.39, 0.29) is 5.92 Å². The fourth-order valence-electron chi connectivity index (χ4n) is 2.16. The molecule has 1 N–H and O–H groups in total. The van der Waals surface area contributed by atoms with E-state index in [1.54, 1.807) is 0 Å². The van der Waals surface area contributed by atoms with E-state index in [9.17, 15) is 9.90 Å². The Kier molecular flexibility index (Phi) is 3.67. The van der Waals surface area contributed by atoms with Crippen LogP contribution >= 0.6 is 0 Å². The number of carboxylic acids is 1. The highest BCUT2D eigenvalue weighted by Crippen LogP contribution is 2.39. The lowest BCUT2D eigenvalue weighted by Crippen LogP contribution is -2.19. The summed E-state index contributed by atoms with van der Waals surface area (Å²) in [4.78, 5) is 11.2. The van der Waals surface area contributed by atoms with E-state index in [1.165, 1.54) is 0 Å². The molecule has 0 amide bonds. The quantitative estimate of drug-likeness (QED) is 0.823. The van der Waals surface area contributed by atoms with Gasteiger partial charge in [-0.1, -0.05) is 18.2 Å². The zero-order valence-corrected chi connectivity index (χ0v) is 10.1. The van der Waals surface area contributed by atoms with Gasteiger partial charge in [-0.2, -0.15) is 0 Å². The zero-order valence-electron chi connectivity index (χ0n) is 10.1. The molecule has 0 aliphatic heterocycles. The number of benzene rings is 1. The zero-order chi connectivity index (χ0) is 12.3. The first-order chi connectivity index (χ1) is 8.22. The molecule has 1 aromatic rings. The minimum Gasteiger partial charge on any atom is -0.494 e. The molecule has 92 valence electrons. The maximum Gasteiger partial charge on any atom is 0.307 e. The third-order valence-electron chi connectivity index (χ3n) is 3.22. The second-order valence-corrected chi connectivity index (χ2v) is 4.53. The first-order valence-corrected chi connectivity index (χ1v) is 6.16. The predicted octanol–water partition coefficient (Wildman–Crippen LogP) is 2.74. The SMILES string of the molecule is CCOc1ccccc1CC(C(=O)O)C1CC1. The van der Waals surface area contributed by atoms with Crippen LogP contribution in [0.15, 0.2) is 24.3 Å². The molecule has 1 aliphatic rings. The maximum absolute atomic E-state index is 11.2. The van der Waals surface area contributed by atoms with E-state index < -0.39 is 5.97 Å². The van der Waals surface area contributed by atoms with Crippen LogP contribution < -0.4 is 4.74 Å². The molecule has 2 rings (SSSR count). The Labute approximate surface area is 101 Å². The molecule has 17 heavy (non-hydrogen) atoms. The molecular formula is C14H18O3. The highest BCUT2D eigenvalue weighted by molar-refractivity contribution is 5.71. The predicted molar refractivity (Wildman–Crippen MR) is 65.2 cm³/mol. The Hall–Kier alpha value is -1.51. The van der Waals surface area contributed by atoms with Gasteiger partial charge in [-0.05, 0) is 43.7 Å². The first kappa shape index (κ1) is 12.0. The number of para-hydroxylation sites is 1. The summed E-state index contributed by atoms with van der Waals surface area (Å²) >= 11 is 0. The Bertz CT molecular complexity index is 396. The van der Waals surface area contributed by atoms with E-state index in [0.717, 1.165) is 24.2 Å². The fourth-order valence-corrected chi connectivity index (χ4v) is 2.16. The van der Waals surface area contributed by atoms with Gasteiger partial charge >= 0.3 is 5.97 Å². The summed E-state index contributed by atoms with van der Waals surface area (Å²) in [5.41, 5.74) is 1.01. The topological polar surface area (TPSA) is 46.5 Å². The number of hydrogen-bond acceptors (Lipinski definition) is 2.